The molecule has 4 N–H and O–H groups in total. The van der Waals surface area contributed by atoms with Gasteiger partial charge in [-0.3, -0.25) is 24.6 Å². The van der Waals surface area contributed by atoms with Crippen molar-refractivity contribution < 1.29 is 14.4 Å². The number of amides is 3. The predicted molar refractivity (Wildman–Crippen MR) is 78.4 cm³/mol. The summed E-state index contributed by atoms with van der Waals surface area (Å²) in [5.74, 6) is -0.848. The second-order valence-corrected chi connectivity index (χ2v) is 5.05. The van der Waals surface area contributed by atoms with Crippen LogP contribution in [0.3, 0.4) is 0 Å². The van der Waals surface area contributed by atoms with Gasteiger partial charge in [0.2, 0.25) is 17.7 Å². The average molecular weight is 290 g/mol. The highest BCUT2D eigenvalue weighted by atomic mass is 16.2. The van der Waals surface area contributed by atoms with E-state index in [0.717, 1.165) is 5.56 Å². The zero-order valence-corrected chi connectivity index (χ0v) is 11.8. The molecule has 1 aromatic carbocycles. The van der Waals surface area contributed by atoms with Gasteiger partial charge < -0.3 is 11.1 Å². The lowest BCUT2D eigenvalue weighted by Crippen LogP contribution is -2.51. The number of nitrogens with one attached hydrogen (secondary N) is 2. The van der Waals surface area contributed by atoms with E-state index in [1.54, 1.807) is 17.0 Å². The summed E-state index contributed by atoms with van der Waals surface area (Å²) < 4.78 is 0. The molecule has 2 rings (SSSR count). The van der Waals surface area contributed by atoms with Crippen LogP contribution in [0.5, 0.6) is 0 Å². The number of carbonyl (C=O) groups is 3. The summed E-state index contributed by atoms with van der Waals surface area (Å²) in [6, 6.07) is 5.30. The van der Waals surface area contributed by atoms with Crippen LogP contribution >= 0.6 is 0 Å². The molecule has 0 unspecified atom stereocenters. The van der Waals surface area contributed by atoms with Gasteiger partial charge in [0, 0.05) is 24.3 Å². The highest BCUT2D eigenvalue weighted by Crippen LogP contribution is 2.18. The van der Waals surface area contributed by atoms with Crippen molar-refractivity contribution in [1.29, 1.82) is 0 Å². The van der Waals surface area contributed by atoms with Gasteiger partial charge in [0.1, 0.15) is 0 Å². The Labute approximate surface area is 122 Å². The van der Waals surface area contributed by atoms with Crippen molar-refractivity contribution in [2.45, 2.75) is 13.3 Å². The van der Waals surface area contributed by atoms with Gasteiger partial charge in [-0.1, -0.05) is 6.07 Å². The fourth-order valence-corrected chi connectivity index (χ4v) is 2.10. The maximum absolute atomic E-state index is 11.9. The Hall–Kier alpha value is -2.41. The van der Waals surface area contributed by atoms with E-state index in [0.29, 0.717) is 17.9 Å². The van der Waals surface area contributed by atoms with Crippen molar-refractivity contribution in [2.24, 2.45) is 0 Å². The monoisotopic (exact) mass is 290 g/mol. The Morgan fingerprint density at radius 3 is 2.67 bits per heavy atom. The first kappa shape index (κ1) is 15.0. The molecule has 0 aliphatic carbocycles. The number of nitrogens with two attached hydrogens (primary N) is 1. The van der Waals surface area contributed by atoms with E-state index >= 15 is 0 Å². The third-order valence-corrected chi connectivity index (χ3v) is 3.20. The summed E-state index contributed by atoms with van der Waals surface area (Å²) in [4.78, 5) is 36.0. The van der Waals surface area contributed by atoms with Crippen molar-refractivity contribution in [3.63, 3.8) is 0 Å². The van der Waals surface area contributed by atoms with Gasteiger partial charge in [-0.25, -0.2) is 0 Å². The molecule has 1 aromatic rings. The van der Waals surface area contributed by atoms with Crippen LogP contribution in [0.1, 0.15) is 12.0 Å². The first-order valence-electron chi connectivity index (χ1n) is 6.65. The molecule has 7 heteroatoms. The van der Waals surface area contributed by atoms with Gasteiger partial charge >= 0.3 is 0 Å². The number of aryl methyl sites for hydroxylation is 1. The summed E-state index contributed by atoms with van der Waals surface area (Å²) in [6.07, 6.45) is 0.203. The topological polar surface area (TPSA) is 105 Å². The lowest BCUT2D eigenvalue weighted by atomic mass is 10.2. The molecule has 1 aliphatic rings. The maximum atomic E-state index is 11.9. The van der Waals surface area contributed by atoms with Crippen LogP contribution in [0.2, 0.25) is 0 Å². The molecule has 0 aromatic heterocycles. The quantitative estimate of drug-likeness (QED) is 0.529. The molecule has 0 spiro atoms. The van der Waals surface area contributed by atoms with E-state index in [-0.39, 0.29) is 37.2 Å². The number of hydrogen-bond donors (Lipinski definition) is 3. The summed E-state index contributed by atoms with van der Waals surface area (Å²) in [7, 11) is 0. The Kier molecular flexibility index (Phi) is 4.54. The van der Waals surface area contributed by atoms with Crippen LogP contribution < -0.4 is 16.4 Å². The van der Waals surface area contributed by atoms with Gasteiger partial charge in [-0.05, 0) is 24.6 Å². The fourth-order valence-electron chi connectivity index (χ4n) is 2.10. The number of carbonyl (C=O) groups excluding carboxylic acids is 3. The molecule has 7 nitrogen and oxygen atoms in total. The minimum atomic E-state index is -0.335. The predicted octanol–water partition coefficient (Wildman–Crippen LogP) is -0.136. The minimum absolute atomic E-state index is 0.135. The third kappa shape index (κ3) is 4.28. The maximum Gasteiger partial charge on any atom is 0.240 e. The number of nitrogens with zero attached hydrogens (tertiary/aromatic N) is 1. The number of rotatable bonds is 4. The normalized spacial score (nSPS) is 15.7. The Morgan fingerprint density at radius 2 is 2.00 bits per heavy atom. The zero-order chi connectivity index (χ0) is 15.4. The van der Waals surface area contributed by atoms with Crippen molar-refractivity contribution in [3.8, 4) is 0 Å². The van der Waals surface area contributed by atoms with Crippen LogP contribution in [0, 0.1) is 6.92 Å². The molecule has 21 heavy (non-hydrogen) atoms. The van der Waals surface area contributed by atoms with E-state index in [2.05, 4.69) is 10.6 Å². The molecule has 1 aliphatic heterocycles. The first-order valence-corrected chi connectivity index (χ1v) is 6.65. The van der Waals surface area contributed by atoms with Crippen LogP contribution in [0.15, 0.2) is 18.2 Å². The average Bonchev–Trinajstić information content (AvgIpc) is 2.40. The summed E-state index contributed by atoms with van der Waals surface area (Å²) >= 11 is 0. The second kappa shape index (κ2) is 6.36. The fraction of sp³-hybridized carbons (Fsp3) is 0.357. The Morgan fingerprint density at radius 1 is 1.33 bits per heavy atom. The molecule has 1 fully saturated rings. The molecule has 3 amide bonds. The van der Waals surface area contributed by atoms with E-state index in [1.165, 1.54) is 0 Å². The van der Waals surface area contributed by atoms with Gasteiger partial charge in [0.15, 0.2) is 0 Å². The molecular weight excluding hydrogens is 272 g/mol. The number of nitrogen functional groups attached to an aromatic ring is 1. The highest BCUT2D eigenvalue weighted by molar-refractivity contribution is 5.99. The van der Waals surface area contributed by atoms with Crippen LogP contribution in [-0.4, -0.2) is 42.3 Å². The standard InChI is InChI=1S/C14H18N4O3/c1-9-2-3-10(15)6-11(9)16-12(19)4-5-18-7-13(20)17-14(21)8-18/h2-3,6H,4-5,7-8,15H2,1H3,(H,16,19)(H,17,20,21). The molecule has 0 atom stereocenters. The number of piperazine rings is 1. The number of hydrogen-bond acceptors (Lipinski definition) is 5. The second-order valence-electron chi connectivity index (χ2n) is 5.05. The van der Waals surface area contributed by atoms with Gasteiger partial charge in [0.05, 0.1) is 13.1 Å². The largest absolute Gasteiger partial charge is 0.399 e. The summed E-state index contributed by atoms with van der Waals surface area (Å²) in [5, 5.41) is 5.00. The smallest absolute Gasteiger partial charge is 0.240 e. The molecular formula is C14H18N4O3. The van der Waals surface area contributed by atoms with Crippen molar-refractivity contribution >= 4 is 29.1 Å². The van der Waals surface area contributed by atoms with Crippen LogP contribution in [0.25, 0.3) is 0 Å². The molecule has 0 saturated carbocycles. The van der Waals surface area contributed by atoms with Crippen LogP contribution in [0.4, 0.5) is 11.4 Å². The third-order valence-electron chi connectivity index (χ3n) is 3.20. The highest BCUT2D eigenvalue weighted by Gasteiger charge is 2.22. The molecule has 1 heterocycles. The first-order chi connectivity index (χ1) is 9.94. The lowest BCUT2D eigenvalue weighted by molar-refractivity contribution is -0.136. The van der Waals surface area contributed by atoms with Gasteiger partial charge in [0.25, 0.3) is 0 Å². The summed E-state index contributed by atoms with van der Waals surface area (Å²) in [6.45, 7) is 2.50. The zero-order valence-electron chi connectivity index (χ0n) is 11.8. The van der Waals surface area contributed by atoms with Gasteiger partial charge in [-0.2, -0.15) is 0 Å². The van der Waals surface area contributed by atoms with Crippen molar-refractivity contribution in [2.75, 3.05) is 30.7 Å². The van der Waals surface area contributed by atoms with E-state index in [9.17, 15) is 14.4 Å². The SMILES string of the molecule is Cc1ccc(N)cc1NC(=O)CCN1CC(=O)NC(=O)C1. The van der Waals surface area contributed by atoms with Crippen molar-refractivity contribution in [3.05, 3.63) is 23.8 Å². The van der Waals surface area contributed by atoms with E-state index < -0.39 is 0 Å². The lowest BCUT2D eigenvalue weighted by Gasteiger charge is -2.24. The van der Waals surface area contributed by atoms with Gasteiger partial charge in [-0.15, -0.1) is 0 Å². The van der Waals surface area contributed by atoms with Crippen LogP contribution in [-0.2, 0) is 14.4 Å². The molecule has 0 radical (unpaired) electrons. The molecule has 1 saturated heterocycles. The Balaban J connectivity index is 1.86. The van der Waals surface area contributed by atoms with E-state index in [1.807, 2.05) is 13.0 Å². The molecule has 112 valence electrons. The number of benzene rings is 1. The Bertz CT molecular complexity index is 570. The number of imide groups is 1. The minimum Gasteiger partial charge on any atom is -0.399 e. The molecule has 0 bridgehead atoms. The number of anilines is 2. The summed E-state index contributed by atoms with van der Waals surface area (Å²) in [5.41, 5.74) is 7.86. The van der Waals surface area contributed by atoms with Crippen molar-refractivity contribution in [1.82, 2.24) is 10.2 Å². The van der Waals surface area contributed by atoms with E-state index in [4.69, 9.17) is 5.73 Å².